The van der Waals surface area contributed by atoms with Gasteiger partial charge in [-0.15, -0.1) is 0 Å². The fourth-order valence-electron chi connectivity index (χ4n) is 2.32. The number of hydrogen-bond acceptors (Lipinski definition) is 3. The van der Waals surface area contributed by atoms with Crippen molar-refractivity contribution in [2.24, 2.45) is 0 Å². The summed E-state index contributed by atoms with van der Waals surface area (Å²) < 4.78 is 25.0. The summed E-state index contributed by atoms with van der Waals surface area (Å²) in [7, 11) is -3.34. The zero-order chi connectivity index (χ0) is 17.2. The maximum atomic E-state index is 12.4. The molecule has 0 spiro atoms. The third-order valence-corrected chi connectivity index (χ3v) is 4.09. The molecule has 122 valence electrons. The fraction of sp³-hybridized carbons (Fsp3) is 0.235. The summed E-state index contributed by atoms with van der Waals surface area (Å²) in [6, 6.07) is 10.7. The van der Waals surface area contributed by atoms with Crippen molar-refractivity contribution in [3.05, 3.63) is 58.7 Å². The van der Waals surface area contributed by atoms with Crippen LogP contribution < -0.4 is 10.0 Å². The number of aryl methyl sites for hydroxylation is 3. The Bertz CT molecular complexity index is 838. The van der Waals surface area contributed by atoms with Crippen molar-refractivity contribution < 1.29 is 13.2 Å². The highest BCUT2D eigenvalue weighted by molar-refractivity contribution is 7.92. The number of benzene rings is 2. The van der Waals surface area contributed by atoms with Crippen molar-refractivity contribution in [2.45, 2.75) is 20.8 Å². The van der Waals surface area contributed by atoms with Crippen molar-refractivity contribution >= 4 is 27.3 Å². The number of amides is 1. The van der Waals surface area contributed by atoms with Gasteiger partial charge in [0.05, 0.1) is 11.9 Å². The van der Waals surface area contributed by atoms with Crippen LogP contribution in [0.5, 0.6) is 0 Å². The molecule has 5 nitrogen and oxygen atoms in total. The summed E-state index contributed by atoms with van der Waals surface area (Å²) in [5, 5.41) is 2.91. The number of anilines is 2. The lowest BCUT2D eigenvalue weighted by Crippen LogP contribution is -2.15. The van der Waals surface area contributed by atoms with Gasteiger partial charge in [-0.3, -0.25) is 9.52 Å². The molecule has 0 radical (unpaired) electrons. The molecule has 2 aromatic rings. The summed E-state index contributed by atoms with van der Waals surface area (Å²) in [6.45, 7) is 5.63. The van der Waals surface area contributed by atoms with Crippen molar-refractivity contribution in [1.29, 1.82) is 0 Å². The largest absolute Gasteiger partial charge is 0.322 e. The first-order valence-corrected chi connectivity index (χ1v) is 9.02. The average molecular weight is 332 g/mol. The molecule has 6 heteroatoms. The molecular formula is C17H20N2O3S. The molecule has 0 aliphatic rings. The molecule has 1 amide bonds. The Kier molecular flexibility index (Phi) is 4.75. The van der Waals surface area contributed by atoms with Gasteiger partial charge in [-0.25, -0.2) is 8.42 Å². The summed E-state index contributed by atoms with van der Waals surface area (Å²) in [4.78, 5) is 12.4. The molecule has 0 unspecified atom stereocenters. The van der Waals surface area contributed by atoms with Crippen LogP contribution in [0.4, 0.5) is 11.4 Å². The van der Waals surface area contributed by atoms with Crippen LogP contribution in [0.15, 0.2) is 36.4 Å². The zero-order valence-electron chi connectivity index (χ0n) is 13.6. The van der Waals surface area contributed by atoms with Crippen molar-refractivity contribution in [1.82, 2.24) is 0 Å². The molecule has 0 fully saturated rings. The summed E-state index contributed by atoms with van der Waals surface area (Å²) >= 11 is 0. The van der Waals surface area contributed by atoms with Crippen molar-refractivity contribution in [2.75, 3.05) is 16.3 Å². The summed E-state index contributed by atoms with van der Waals surface area (Å²) in [5.74, 6) is -0.226. The van der Waals surface area contributed by atoms with E-state index < -0.39 is 10.0 Å². The van der Waals surface area contributed by atoms with E-state index in [2.05, 4.69) is 10.0 Å². The predicted octanol–water partition coefficient (Wildman–Crippen LogP) is 3.24. The van der Waals surface area contributed by atoms with E-state index in [1.165, 1.54) is 0 Å². The maximum absolute atomic E-state index is 12.4. The van der Waals surface area contributed by atoms with Crippen LogP contribution >= 0.6 is 0 Å². The molecule has 0 aromatic heterocycles. The lowest BCUT2D eigenvalue weighted by molar-refractivity contribution is 0.102. The van der Waals surface area contributed by atoms with Crippen LogP contribution in [0.2, 0.25) is 0 Å². The van der Waals surface area contributed by atoms with Gasteiger partial charge in [-0.05, 0) is 55.7 Å². The number of nitrogens with one attached hydrogen (secondary N) is 2. The molecule has 0 saturated carbocycles. The van der Waals surface area contributed by atoms with Gasteiger partial charge in [0.1, 0.15) is 0 Å². The monoisotopic (exact) mass is 332 g/mol. The Morgan fingerprint density at radius 2 is 1.57 bits per heavy atom. The Morgan fingerprint density at radius 3 is 2.09 bits per heavy atom. The van der Waals surface area contributed by atoms with Gasteiger partial charge < -0.3 is 5.32 Å². The van der Waals surface area contributed by atoms with Gasteiger partial charge in [0, 0.05) is 11.3 Å². The third-order valence-electron chi connectivity index (χ3n) is 3.50. The second-order valence-electron chi connectivity index (χ2n) is 5.62. The van der Waals surface area contributed by atoms with Crippen LogP contribution in [0, 0.1) is 20.8 Å². The first-order chi connectivity index (χ1) is 10.7. The van der Waals surface area contributed by atoms with Crippen molar-refractivity contribution in [3.63, 3.8) is 0 Å². The van der Waals surface area contributed by atoms with Gasteiger partial charge in [0.15, 0.2) is 0 Å². The smallest absolute Gasteiger partial charge is 0.255 e. The van der Waals surface area contributed by atoms with Gasteiger partial charge in [0.2, 0.25) is 10.0 Å². The standard InChI is InChI=1S/C17H20N2O3S/c1-11-6-5-7-12(2)16(11)18-17(20)14-8-9-15(13(3)10-14)19-23(4,21)22/h5-10,19H,1-4H3,(H,18,20). The van der Waals surface area contributed by atoms with E-state index in [1.807, 2.05) is 32.0 Å². The minimum atomic E-state index is -3.34. The van der Waals surface area contributed by atoms with Crippen LogP contribution in [-0.4, -0.2) is 20.6 Å². The molecule has 23 heavy (non-hydrogen) atoms. The van der Waals surface area contributed by atoms with E-state index in [0.29, 0.717) is 16.8 Å². The molecule has 0 heterocycles. The van der Waals surface area contributed by atoms with Gasteiger partial charge in [-0.2, -0.15) is 0 Å². The van der Waals surface area contributed by atoms with Gasteiger partial charge in [0.25, 0.3) is 5.91 Å². The van der Waals surface area contributed by atoms with E-state index in [-0.39, 0.29) is 5.91 Å². The Hall–Kier alpha value is -2.34. The van der Waals surface area contributed by atoms with Crippen LogP contribution in [0.3, 0.4) is 0 Å². The van der Waals surface area contributed by atoms with Crippen LogP contribution in [0.25, 0.3) is 0 Å². The first kappa shape index (κ1) is 17.0. The van der Waals surface area contributed by atoms with Gasteiger partial charge >= 0.3 is 0 Å². The molecule has 0 atom stereocenters. The molecule has 2 N–H and O–H groups in total. The normalized spacial score (nSPS) is 11.1. The van der Waals surface area contributed by atoms with Crippen LogP contribution in [0.1, 0.15) is 27.0 Å². The van der Waals surface area contributed by atoms with Crippen molar-refractivity contribution in [3.8, 4) is 0 Å². The molecule has 2 aromatic carbocycles. The zero-order valence-corrected chi connectivity index (χ0v) is 14.4. The first-order valence-electron chi connectivity index (χ1n) is 7.13. The molecule has 0 bridgehead atoms. The lowest BCUT2D eigenvalue weighted by Gasteiger charge is -2.13. The minimum absolute atomic E-state index is 0.226. The highest BCUT2D eigenvalue weighted by atomic mass is 32.2. The number of carbonyl (C=O) groups is 1. The number of carbonyl (C=O) groups excluding carboxylic acids is 1. The highest BCUT2D eigenvalue weighted by Crippen LogP contribution is 2.22. The second kappa shape index (κ2) is 6.42. The number of sulfonamides is 1. The maximum Gasteiger partial charge on any atom is 0.255 e. The number of para-hydroxylation sites is 1. The van der Waals surface area contributed by atoms with Gasteiger partial charge in [-0.1, -0.05) is 18.2 Å². The minimum Gasteiger partial charge on any atom is -0.322 e. The van der Waals surface area contributed by atoms with E-state index in [9.17, 15) is 13.2 Å². The van der Waals surface area contributed by atoms with E-state index in [0.717, 1.165) is 23.1 Å². The van der Waals surface area contributed by atoms with E-state index >= 15 is 0 Å². The predicted molar refractivity (Wildman–Crippen MR) is 93.5 cm³/mol. The fourth-order valence-corrected chi connectivity index (χ4v) is 2.94. The molecule has 0 aliphatic carbocycles. The quantitative estimate of drug-likeness (QED) is 0.902. The SMILES string of the molecule is Cc1cc(C(=O)Nc2c(C)cccc2C)ccc1NS(C)(=O)=O. The Balaban J connectivity index is 2.25. The Morgan fingerprint density at radius 1 is 0.957 bits per heavy atom. The van der Waals surface area contributed by atoms with Crippen LogP contribution in [-0.2, 0) is 10.0 Å². The second-order valence-corrected chi connectivity index (χ2v) is 7.37. The third kappa shape index (κ3) is 4.32. The lowest BCUT2D eigenvalue weighted by atomic mass is 10.1. The topological polar surface area (TPSA) is 75.3 Å². The summed E-state index contributed by atoms with van der Waals surface area (Å²) in [5.41, 5.74) is 4.41. The summed E-state index contributed by atoms with van der Waals surface area (Å²) in [6.07, 6.45) is 1.09. The molecule has 0 aliphatic heterocycles. The van der Waals surface area contributed by atoms with E-state index in [4.69, 9.17) is 0 Å². The van der Waals surface area contributed by atoms with E-state index in [1.54, 1.807) is 25.1 Å². The highest BCUT2D eigenvalue weighted by Gasteiger charge is 2.12. The molecule has 2 rings (SSSR count). The molecule has 0 saturated heterocycles. The number of rotatable bonds is 4. The molecular weight excluding hydrogens is 312 g/mol. The Labute approximate surface area is 136 Å². The average Bonchev–Trinajstić information content (AvgIpc) is 2.43. The number of hydrogen-bond donors (Lipinski definition) is 2.